The average molecular weight is 408 g/mol. The first-order chi connectivity index (χ1) is 13.1. The second-order valence-corrected chi connectivity index (χ2v) is 7.36. The van der Waals surface area contributed by atoms with Crippen molar-refractivity contribution in [3.05, 3.63) is 60.6 Å². The molecule has 0 amide bonds. The Hall–Kier alpha value is -2.98. The van der Waals surface area contributed by atoms with E-state index in [9.17, 15) is 21.6 Å². The quantitative estimate of drug-likeness (QED) is 0.712. The van der Waals surface area contributed by atoms with Gasteiger partial charge < -0.3 is 0 Å². The van der Waals surface area contributed by atoms with Crippen LogP contribution in [0.15, 0.2) is 59.8 Å². The van der Waals surface area contributed by atoms with E-state index >= 15 is 0 Å². The highest BCUT2D eigenvalue weighted by Crippen LogP contribution is 2.42. The van der Waals surface area contributed by atoms with Gasteiger partial charge in [-0.15, -0.1) is 0 Å². The van der Waals surface area contributed by atoms with Crippen molar-refractivity contribution in [1.82, 2.24) is 14.8 Å². The largest absolute Gasteiger partial charge is 0.434 e. The number of halogens is 3. The molecule has 10 heteroatoms. The van der Waals surface area contributed by atoms with Gasteiger partial charge in [-0.25, -0.2) is 18.2 Å². The number of rotatable bonds is 4. The number of allylic oxidation sites excluding steroid dienone is 1. The van der Waals surface area contributed by atoms with E-state index in [0.717, 1.165) is 16.8 Å². The first-order valence-electron chi connectivity index (χ1n) is 7.99. The molecule has 0 unspecified atom stereocenters. The van der Waals surface area contributed by atoms with Crippen molar-refractivity contribution in [1.29, 1.82) is 0 Å². The first-order valence-corrected chi connectivity index (χ1v) is 9.53. The van der Waals surface area contributed by atoms with Crippen molar-refractivity contribution in [2.75, 3.05) is 0 Å². The topological polar surface area (TPSA) is 90.9 Å². The highest BCUT2D eigenvalue weighted by Gasteiger charge is 2.40. The van der Waals surface area contributed by atoms with Crippen molar-refractivity contribution in [3.8, 4) is 22.4 Å². The molecule has 0 spiro atoms. The van der Waals surface area contributed by atoms with Gasteiger partial charge in [-0.3, -0.25) is 4.98 Å². The lowest BCUT2D eigenvalue weighted by Gasteiger charge is -2.11. The second kappa shape index (κ2) is 7.21. The van der Waals surface area contributed by atoms with Gasteiger partial charge in [0, 0.05) is 29.7 Å². The normalized spacial score (nSPS) is 12.6. The van der Waals surface area contributed by atoms with E-state index in [1.807, 2.05) is 0 Å². The van der Waals surface area contributed by atoms with Crippen molar-refractivity contribution in [3.63, 3.8) is 0 Å². The van der Waals surface area contributed by atoms with Gasteiger partial charge in [-0.05, 0) is 36.8 Å². The number of nitrogens with two attached hydrogens (primary N) is 1. The molecule has 2 heterocycles. The molecule has 3 aromatic rings. The lowest BCUT2D eigenvalue weighted by Crippen LogP contribution is -2.13. The molecule has 146 valence electrons. The van der Waals surface area contributed by atoms with Gasteiger partial charge in [0.25, 0.3) is 0 Å². The Bertz CT molecular complexity index is 1120. The van der Waals surface area contributed by atoms with E-state index in [-0.39, 0.29) is 21.7 Å². The Morgan fingerprint density at radius 1 is 1.04 bits per heavy atom. The molecule has 0 bridgehead atoms. The number of benzene rings is 1. The summed E-state index contributed by atoms with van der Waals surface area (Å²) in [5, 5.41) is 9.19. The van der Waals surface area contributed by atoms with Gasteiger partial charge in [0.05, 0.1) is 4.90 Å². The summed E-state index contributed by atoms with van der Waals surface area (Å²) in [5.41, 5.74) is -0.453. The van der Waals surface area contributed by atoms with Crippen LogP contribution < -0.4 is 5.14 Å². The van der Waals surface area contributed by atoms with E-state index in [4.69, 9.17) is 5.14 Å². The monoisotopic (exact) mass is 408 g/mol. The highest BCUT2D eigenvalue weighted by molar-refractivity contribution is 7.89. The fourth-order valence-corrected chi connectivity index (χ4v) is 3.27. The molecule has 3 rings (SSSR count). The van der Waals surface area contributed by atoms with Crippen molar-refractivity contribution in [2.24, 2.45) is 5.14 Å². The summed E-state index contributed by atoms with van der Waals surface area (Å²) in [7, 11) is -3.97. The predicted molar refractivity (Wildman–Crippen MR) is 98.3 cm³/mol. The number of hydrogen-bond acceptors (Lipinski definition) is 4. The van der Waals surface area contributed by atoms with Crippen LogP contribution in [0.25, 0.3) is 28.6 Å². The van der Waals surface area contributed by atoms with E-state index in [2.05, 4.69) is 10.1 Å². The molecule has 0 fully saturated rings. The third kappa shape index (κ3) is 3.82. The standard InChI is InChI=1S/C18H15F3N4O2S/c1-2-11-25-17(18(19,20)21)15(16(24-25)13-7-9-23-10-8-13)12-3-5-14(6-4-12)28(22,26)27/h2-11H,1H3,(H2,22,26,27). The Balaban J connectivity index is 2.34. The minimum absolute atomic E-state index is 0.0937. The maximum atomic E-state index is 13.9. The van der Waals surface area contributed by atoms with E-state index in [1.54, 1.807) is 19.1 Å². The Kier molecular flexibility index (Phi) is 5.09. The van der Waals surface area contributed by atoms with Gasteiger partial charge in [0.1, 0.15) is 5.69 Å². The van der Waals surface area contributed by atoms with Crippen molar-refractivity contribution in [2.45, 2.75) is 18.0 Å². The van der Waals surface area contributed by atoms with Gasteiger partial charge in [-0.1, -0.05) is 18.2 Å². The maximum absolute atomic E-state index is 13.9. The van der Waals surface area contributed by atoms with Gasteiger partial charge in [0.2, 0.25) is 10.0 Å². The lowest BCUT2D eigenvalue weighted by molar-refractivity contribution is -0.142. The summed E-state index contributed by atoms with van der Waals surface area (Å²) in [4.78, 5) is 3.68. The van der Waals surface area contributed by atoms with E-state index in [0.29, 0.717) is 5.56 Å². The van der Waals surface area contributed by atoms with Gasteiger partial charge >= 0.3 is 6.18 Å². The smallest absolute Gasteiger partial charge is 0.265 e. The van der Waals surface area contributed by atoms with Crippen LogP contribution in [0.4, 0.5) is 13.2 Å². The van der Waals surface area contributed by atoms with Crippen LogP contribution in [-0.2, 0) is 16.2 Å². The zero-order valence-electron chi connectivity index (χ0n) is 14.6. The Labute approximate surface area is 159 Å². The molecule has 28 heavy (non-hydrogen) atoms. The number of pyridine rings is 1. The second-order valence-electron chi connectivity index (χ2n) is 5.80. The molecule has 0 atom stereocenters. The summed E-state index contributed by atoms with van der Waals surface area (Å²) in [6.07, 6.45) is 0.838. The van der Waals surface area contributed by atoms with Crippen LogP contribution in [0.5, 0.6) is 0 Å². The summed E-state index contributed by atoms with van der Waals surface area (Å²) in [6, 6.07) is 7.96. The van der Waals surface area contributed by atoms with Crippen LogP contribution in [0.2, 0.25) is 0 Å². The number of hydrogen-bond donors (Lipinski definition) is 1. The van der Waals surface area contributed by atoms with Crippen LogP contribution in [0.3, 0.4) is 0 Å². The molecule has 0 aliphatic rings. The molecular formula is C18H15F3N4O2S. The molecule has 0 saturated heterocycles. The van der Waals surface area contributed by atoms with Gasteiger partial charge in [-0.2, -0.15) is 18.3 Å². The Morgan fingerprint density at radius 2 is 1.64 bits per heavy atom. The molecule has 0 aliphatic heterocycles. The number of alkyl halides is 3. The van der Waals surface area contributed by atoms with Crippen LogP contribution in [0.1, 0.15) is 12.6 Å². The minimum atomic E-state index is -4.70. The van der Waals surface area contributed by atoms with Crippen LogP contribution >= 0.6 is 0 Å². The predicted octanol–water partition coefficient (Wildman–Crippen LogP) is 3.77. The molecule has 0 saturated carbocycles. The summed E-state index contributed by atoms with van der Waals surface area (Å²) in [6.45, 7) is 1.58. The SMILES string of the molecule is CC=Cn1nc(-c2ccncc2)c(-c2ccc(S(N)(=O)=O)cc2)c1C(F)(F)F. The molecule has 2 N–H and O–H groups in total. The molecule has 0 radical (unpaired) electrons. The number of sulfonamides is 1. The summed E-state index contributed by atoms with van der Waals surface area (Å²) in [5.74, 6) is 0. The highest BCUT2D eigenvalue weighted by atomic mass is 32.2. The molecule has 6 nitrogen and oxygen atoms in total. The fourth-order valence-electron chi connectivity index (χ4n) is 2.75. The summed E-state index contributed by atoms with van der Waals surface area (Å²) >= 11 is 0. The zero-order chi connectivity index (χ0) is 20.5. The number of nitrogens with zero attached hydrogens (tertiary/aromatic N) is 3. The maximum Gasteiger partial charge on any atom is 0.434 e. The molecule has 2 aromatic heterocycles. The first kappa shape index (κ1) is 19.8. The van der Waals surface area contributed by atoms with E-state index in [1.165, 1.54) is 36.8 Å². The molecular weight excluding hydrogens is 393 g/mol. The zero-order valence-corrected chi connectivity index (χ0v) is 15.4. The minimum Gasteiger partial charge on any atom is -0.265 e. The van der Waals surface area contributed by atoms with Crippen LogP contribution in [-0.4, -0.2) is 23.2 Å². The van der Waals surface area contributed by atoms with Crippen molar-refractivity contribution < 1.29 is 21.6 Å². The number of primary sulfonamides is 1. The third-order valence-corrected chi connectivity index (χ3v) is 4.82. The molecule has 1 aromatic carbocycles. The third-order valence-electron chi connectivity index (χ3n) is 3.89. The Morgan fingerprint density at radius 3 is 2.14 bits per heavy atom. The van der Waals surface area contributed by atoms with Crippen molar-refractivity contribution >= 4 is 16.2 Å². The fraction of sp³-hybridized carbons (Fsp3) is 0.111. The molecule has 0 aliphatic carbocycles. The van der Waals surface area contributed by atoms with E-state index < -0.39 is 21.9 Å². The van der Waals surface area contributed by atoms with Gasteiger partial charge in [0.15, 0.2) is 5.69 Å². The average Bonchev–Trinajstić information content (AvgIpc) is 3.02. The lowest BCUT2D eigenvalue weighted by atomic mass is 9.99. The number of aromatic nitrogens is 3. The van der Waals surface area contributed by atoms with Crippen LogP contribution in [0, 0.1) is 0 Å². The summed E-state index contributed by atoms with van der Waals surface area (Å²) < 4.78 is 65.3.